The maximum Gasteiger partial charge on any atom is 0.256 e. The Morgan fingerprint density at radius 1 is 1.27 bits per heavy atom. The lowest BCUT2D eigenvalue weighted by molar-refractivity contribution is 0.0759. The second-order valence-corrected chi connectivity index (χ2v) is 7.05. The van der Waals surface area contributed by atoms with Crippen molar-refractivity contribution in [2.75, 3.05) is 6.54 Å². The Hall–Kier alpha value is -3.41. The molecule has 0 radical (unpaired) electrons. The van der Waals surface area contributed by atoms with Crippen LogP contribution in [-0.4, -0.2) is 39.2 Å². The highest BCUT2D eigenvalue weighted by Gasteiger charge is 2.32. The molecular weight excluding hydrogens is 410 g/mol. The highest BCUT2D eigenvalue weighted by Crippen LogP contribution is 2.29. The van der Waals surface area contributed by atoms with Crippen LogP contribution < -0.4 is 5.73 Å². The van der Waals surface area contributed by atoms with Gasteiger partial charge in [0, 0.05) is 43.2 Å². The molecule has 33 heavy (non-hydrogen) atoms. The van der Waals surface area contributed by atoms with Gasteiger partial charge < -0.3 is 20.6 Å². The number of likely N-dealkylation sites (tertiary alicyclic amines) is 1. The molecule has 6 nitrogen and oxygen atoms in total. The van der Waals surface area contributed by atoms with Crippen molar-refractivity contribution < 1.29 is 4.79 Å². The zero-order valence-corrected chi connectivity index (χ0v) is 20.9. The summed E-state index contributed by atoms with van der Waals surface area (Å²) in [4.78, 5) is 20.0. The lowest BCUT2D eigenvalue weighted by atomic mass is 10.0. The summed E-state index contributed by atoms with van der Waals surface area (Å²) in [6, 6.07) is 3.73. The summed E-state index contributed by atoms with van der Waals surface area (Å²) in [5.74, 6) is 0.00811. The fourth-order valence-electron chi connectivity index (χ4n) is 3.91. The standard InChI is InChI=1S/C23H27N5O.2C2H6/c1-4-7-16(8-5-2)21-9-6-12-28(21)23(29)19-15-27(3)22-18(19)10-11-20(26-22)17(13-24)14-25;2*1-2/h4-5,7-8,10-11,13-15,21,24H,1,6,9,12,25H2,2-3H3;2*1-2H3/b8-5-,16-7+,17-14+,24-13?;;. The molecule has 0 aliphatic carbocycles. The van der Waals surface area contributed by atoms with E-state index < -0.39 is 0 Å². The molecule has 6 heteroatoms. The van der Waals surface area contributed by atoms with Crippen LogP contribution in [0.1, 0.15) is 63.5 Å². The fourth-order valence-corrected chi connectivity index (χ4v) is 3.91. The van der Waals surface area contributed by atoms with Crippen LogP contribution in [0.3, 0.4) is 0 Å². The van der Waals surface area contributed by atoms with Crippen molar-refractivity contribution in [1.82, 2.24) is 14.5 Å². The van der Waals surface area contributed by atoms with Crippen LogP contribution in [0.4, 0.5) is 0 Å². The Bertz CT molecular complexity index is 1040. The monoisotopic (exact) mass is 449 g/mol. The van der Waals surface area contributed by atoms with Crippen LogP contribution in [0.5, 0.6) is 0 Å². The smallest absolute Gasteiger partial charge is 0.256 e. The molecule has 1 aliphatic heterocycles. The number of nitrogens with two attached hydrogens (primary N) is 1. The number of pyridine rings is 1. The van der Waals surface area contributed by atoms with E-state index in [1.165, 1.54) is 12.4 Å². The summed E-state index contributed by atoms with van der Waals surface area (Å²) in [7, 11) is 1.87. The Labute approximate surface area is 198 Å². The number of nitrogens with zero attached hydrogens (tertiary/aromatic N) is 3. The number of fused-ring (bicyclic) bond motifs is 1. The van der Waals surface area contributed by atoms with Crippen molar-refractivity contribution in [3.05, 3.63) is 72.2 Å². The number of carbonyl (C=O) groups is 1. The van der Waals surface area contributed by atoms with Crippen molar-refractivity contribution in [3.8, 4) is 0 Å². The summed E-state index contributed by atoms with van der Waals surface area (Å²) in [5, 5.41) is 8.28. The Morgan fingerprint density at radius 3 is 2.55 bits per heavy atom. The Kier molecular flexibility index (Phi) is 11.6. The van der Waals surface area contributed by atoms with Crippen molar-refractivity contribution in [3.63, 3.8) is 0 Å². The topological polar surface area (TPSA) is 88.0 Å². The Balaban J connectivity index is 0.00000129. The predicted molar refractivity (Wildman–Crippen MR) is 142 cm³/mol. The summed E-state index contributed by atoms with van der Waals surface area (Å²) in [6.07, 6.45) is 14.1. The summed E-state index contributed by atoms with van der Waals surface area (Å²) < 4.78 is 1.85. The van der Waals surface area contributed by atoms with E-state index in [-0.39, 0.29) is 11.9 Å². The summed E-state index contributed by atoms with van der Waals surface area (Å²) >= 11 is 0. The zero-order valence-electron chi connectivity index (χ0n) is 20.9. The molecule has 2 aromatic rings. The molecule has 1 unspecified atom stereocenters. The van der Waals surface area contributed by atoms with E-state index in [9.17, 15) is 4.79 Å². The highest BCUT2D eigenvalue weighted by atomic mass is 16.2. The first-order valence-corrected chi connectivity index (χ1v) is 11.7. The first-order chi connectivity index (χ1) is 16.0. The molecule has 0 bridgehead atoms. The summed E-state index contributed by atoms with van der Waals surface area (Å²) in [6.45, 7) is 14.5. The zero-order chi connectivity index (χ0) is 25.0. The molecule has 1 atom stereocenters. The number of hydrogen-bond donors (Lipinski definition) is 2. The quantitative estimate of drug-likeness (QED) is 0.427. The van der Waals surface area contributed by atoms with Crippen LogP contribution in [-0.2, 0) is 7.05 Å². The minimum Gasteiger partial charge on any atom is -0.404 e. The third-order valence-corrected chi connectivity index (χ3v) is 5.25. The number of nitrogens with one attached hydrogen (secondary N) is 1. The lowest BCUT2D eigenvalue weighted by Gasteiger charge is -2.25. The average molecular weight is 450 g/mol. The van der Waals surface area contributed by atoms with Crippen molar-refractivity contribution >= 4 is 28.7 Å². The molecule has 1 saturated heterocycles. The van der Waals surface area contributed by atoms with Gasteiger partial charge in [0.2, 0.25) is 0 Å². The number of carbonyl (C=O) groups excluding carboxylic acids is 1. The van der Waals surface area contributed by atoms with Gasteiger partial charge >= 0.3 is 0 Å². The number of amides is 1. The molecule has 3 N–H and O–H groups in total. The first-order valence-electron chi connectivity index (χ1n) is 11.7. The van der Waals surface area contributed by atoms with E-state index in [0.717, 1.165) is 30.3 Å². The third-order valence-electron chi connectivity index (χ3n) is 5.25. The van der Waals surface area contributed by atoms with Crippen LogP contribution in [0.25, 0.3) is 16.6 Å². The molecule has 178 valence electrons. The van der Waals surface area contributed by atoms with Gasteiger partial charge in [-0.1, -0.05) is 58.6 Å². The van der Waals surface area contributed by atoms with E-state index in [0.29, 0.717) is 22.5 Å². The van der Waals surface area contributed by atoms with E-state index in [4.69, 9.17) is 11.1 Å². The van der Waals surface area contributed by atoms with Crippen LogP contribution >= 0.6 is 0 Å². The third kappa shape index (κ3) is 6.09. The normalized spacial score (nSPS) is 16.2. The number of aryl methyl sites for hydroxylation is 1. The molecular formula is C27H39N5O. The van der Waals surface area contributed by atoms with Crippen LogP contribution in [0.15, 0.2) is 61.0 Å². The molecule has 1 aliphatic rings. The summed E-state index contributed by atoms with van der Waals surface area (Å²) in [5.41, 5.74) is 9.16. The molecule has 1 amide bonds. The number of allylic oxidation sites excluding steroid dienone is 4. The van der Waals surface area contributed by atoms with Gasteiger partial charge in [0.05, 0.1) is 17.3 Å². The van der Waals surface area contributed by atoms with Gasteiger partial charge in [-0.3, -0.25) is 4.79 Å². The van der Waals surface area contributed by atoms with E-state index >= 15 is 0 Å². The van der Waals surface area contributed by atoms with Crippen LogP contribution in [0, 0.1) is 5.41 Å². The predicted octanol–water partition coefficient (Wildman–Crippen LogP) is 5.87. The largest absolute Gasteiger partial charge is 0.404 e. The maximum absolute atomic E-state index is 13.5. The van der Waals surface area contributed by atoms with Crippen LogP contribution in [0.2, 0.25) is 0 Å². The molecule has 0 saturated carbocycles. The molecule has 2 aromatic heterocycles. The van der Waals surface area contributed by atoms with Crippen molar-refractivity contribution in [1.29, 1.82) is 5.41 Å². The molecule has 3 rings (SSSR count). The van der Waals surface area contributed by atoms with E-state index in [1.54, 1.807) is 12.1 Å². The molecule has 0 spiro atoms. The minimum absolute atomic E-state index is 0.00811. The second kappa shape index (κ2) is 13.9. The SMILES string of the molecule is C=C/C=C(\C=C/C)C1CCCN1C(=O)c1cn(C)c2nc(/C(C=N)=C/N)ccc12.CC.CC. The van der Waals surface area contributed by atoms with Crippen molar-refractivity contribution in [2.45, 2.75) is 53.5 Å². The van der Waals surface area contributed by atoms with Gasteiger partial charge in [-0.15, -0.1) is 0 Å². The first kappa shape index (κ1) is 27.6. The highest BCUT2D eigenvalue weighted by molar-refractivity contribution is 6.09. The average Bonchev–Trinajstić information content (AvgIpc) is 3.47. The van der Waals surface area contributed by atoms with Gasteiger partial charge in [-0.25, -0.2) is 4.98 Å². The van der Waals surface area contributed by atoms with Gasteiger partial charge in [-0.05, 0) is 37.5 Å². The van der Waals surface area contributed by atoms with E-state index in [2.05, 4.69) is 11.6 Å². The maximum atomic E-state index is 13.5. The molecule has 1 fully saturated rings. The lowest BCUT2D eigenvalue weighted by Crippen LogP contribution is -2.36. The minimum atomic E-state index is 0.00811. The molecule has 3 heterocycles. The van der Waals surface area contributed by atoms with Gasteiger partial charge in [-0.2, -0.15) is 0 Å². The second-order valence-electron chi connectivity index (χ2n) is 7.05. The van der Waals surface area contributed by atoms with E-state index in [1.807, 2.05) is 81.6 Å². The fraction of sp³-hybridized carbons (Fsp3) is 0.370. The van der Waals surface area contributed by atoms with Crippen molar-refractivity contribution in [2.24, 2.45) is 12.8 Å². The number of aromatic nitrogens is 2. The molecule has 0 aromatic carbocycles. The van der Waals surface area contributed by atoms with Gasteiger partial charge in [0.15, 0.2) is 0 Å². The van der Waals surface area contributed by atoms with Gasteiger partial charge in [0.1, 0.15) is 5.65 Å². The Morgan fingerprint density at radius 2 is 1.97 bits per heavy atom. The number of rotatable bonds is 6. The number of hydrogen-bond acceptors (Lipinski definition) is 4. The van der Waals surface area contributed by atoms with Gasteiger partial charge in [0.25, 0.3) is 5.91 Å².